The average Bonchev–Trinajstić information content (AvgIpc) is 3.80. The van der Waals surface area contributed by atoms with E-state index in [1.54, 1.807) is 26.5 Å². The van der Waals surface area contributed by atoms with Crippen LogP contribution in [0.4, 0.5) is 23.0 Å². The van der Waals surface area contributed by atoms with Crippen molar-refractivity contribution in [2.45, 2.75) is 33.2 Å². The van der Waals surface area contributed by atoms with Crippen molar-refractivity contribution in [2.75, 3.05) is 103 Å². The number of hydrogen-bond acceptors (Lipinski definition) is 12. The molecule has 0 saturated carbocycles. The van der Waals surface area contributed by atoms with Crippen LogP contribution in [0.25, 0.3) is 16.6 Å². The summed E-state index contributed by atoms with van der Waals surface area (Å²) >= 11 is 0. The number of pyridine rings is 1. The van der Waals surface area contributed by atoms with Gasteiger partial charge in [0, 0.05) is 69.9 Å². The second-order valence-electron chi connectivity index (χ2n) is 13.0. The summed E-state index contributed by atoms with van der Waals surface area (Å²) in [4.78, 5) is 39.6. The smallest absolute Gasteiger partial charge is 0.257 e. The van der Waals surface area contributed by atoms with Crippen LogP contribution in [-0.4, -0.2) is 128 Å². The summed E-state index contributed by atoms with van der Waals surface area (Å²) in [5, 5.41) is 12.1. The van der Waals surface area contributed by atoms with E-state index in [2.05, 4.69) is 27.4 Å². The number of nitrogens with zero attached hydrogens (tertiary/aromatic N) is 7. The normalized spacial score (nSPS) is 13.2. The zero-order chi connectivity index (χ0) is 38.7. The van der Waals surface area contributed by atoms with E-state index >= 15 is 0 Å². The molecule has 55 heavy (non-hydrogen) atoms. The average molecular weight is 758 g/mol. The third-order valence-electron chi connectivity index (χ3n) is 9.60. The molecule has 1 aromatic carbocycles. The van der Waals surface area contributed by atoms with Gasteiger partial charge in [-0.15, -0.1) is 0 Å². The highest BCUT2D eigenvalue weighted by Gasteiger charge is 2.23. The fourth-order valence-corrected chi connectivity index (χ4v) is 6.73. The molecule has 1 aliphatic rings. The maximum Gasteiger partial charge on any atom is 0.257 e. The highest BCUT2D eigenvalue weighted by Crippen LogP contribution is 2.32. The number of methoxy groups -OCH3 is 3. The van der Waals surface area contributed by atoms with Crippen molar-refractivity contribution >= 4 is 51.4 Å². The molecule has 5 heterocycles. The predicted molar refractivity (Wildman–Crippen MR) is 210 cm³/mol. The van der Waals surface area contributed by atoms with Crippen molar-refractivity contribution in [3.8, 4) is 5.75 Å². The number of benzene rings is 1. The molecule has 4 aromatic heterocycles. The Morgan fingerprint density at radius 2 is 1.65 bits per heavy atom. The van der Waals surface area contributed by atoms with Crippen molar-refractivity contribution in [1.29, 1.82) is 0 Å². The number of piperazine rings is 1. The maximum absolute atomic E-state index is 13.9. The van der Waals surface area contributed by atoms with E-state index in [9.17, 15) is 9.59 Å². The Morgan fingerprint density at radius 3 is 2.38 bits per heavy atom. The monoisotopic (exact) mass is 757 g/mol. The van der Waals surface area contributed by atoms with Crippen LogP contribution in [-0.2, 0) is 43.1 Å². The van der Waals surface area contributed by atoms with Crippen LogP contribution < -0.4 is 20.3 Å². The molecule has 1 aliphatic heterocycles. The lowest BCUT2D eigenvalue weighted by Crippen LogP contribution is -2.49. The third-order valence-corrected chi connectivity index (χ3v) is 9.60. The number of carbonyl (C=O) groups excluding carboxylic acids is 2. The SMILES string of the molecule is CCc1nn(CCOCCOCCOC)c(CC)c1NC(=O)c1ccn2c1ccc1cnc(Nc3ccc(N4CCN(C(=O)COC)CC4)cc3OC)nc12. The van der Waals surface area contributed by atoms with Gasteiger partial charge in [-0.25, -0.2) is 4.98 Å². The number of carbonyl (C=O) groups is 2. The number of ether oxygens (including phenoxy) is 5. The first-order valence-corrected chi connectivity index (χ1v) is 18.7. The minimum absolute atomic E-state index is 0.000862. The molecule has 5 aromatic rings. The first-order chi connectivity index (χ1) is 26.9. The van der Waals surface area contributed by atoms with Gasteiger partial charge >= 0.3 is 0 Å². The highest BCUT2D eigenvalue weighted by molar-refractivity contribution is 6.10. The van der Waals surface area contributed by atoms with Crippen molar-refractivity contribution in [2.24, 2.45) is 0 Å². The van der Waals surface area contributed by atoms with Crippen LogP contribution in [0.5, 0.6) is 5.75 Å². The fraction of sp³-hybridized carbons (Fsp3) is 0.462. The summed E-state index contributed by atoms with van der Waals surface area (Å²) in [5.74, 6) is 0.789. The molecule has 0 radical (unpaired) electrons. The van der Waals surface area contributed by atoms with Crippen LogP contribution in [0.15, 0.2) is 48.8 Å². The molecule has 16 heteroatoms. The van der Waals surface area contributed by atoms with Crippen LogP contribution in [0, 0.1) is 0 Å². The summed E-state index contributed by atoms with van der Waals surface area (Å²) in [6, 6.07) is 11.6. The molecule has 6 rings (SSSR count). The number of amides is 2. The van der Waals surface area contributed by atoms with Gasteiger partial charge in [0.25, 0.3) is 5.91 Å². The highest BCUT2D eigenvalue weighted by atomic mass is 16.5. The molecular weight excluding hydrogens is 706 g/mol. The summed E-state index contributed by atoms with van der Waals surface area (Å²) < 4.78 is 30.8. The van der Waals surface area contributed by atoms with Crippen molar-refractivity contribution in [1.82, 2.24) is 29.0 Å². The predicted octanol–water partition coefficient (Wildman–Crippen LogP) is 4.18. The minimum Gasteiger partial charge on any atom is -0.494 e. The molecule has 1 fully saturated rings. The number of aromatic nitrogens is 5. The summed E-state index contributed by atoms with van der Waals surface area (Å²) in [6.07, 6.45) is 4.96. The van der Waals surface area contributed by atoms with Crippen molar-refractivity contribution in [3.63, 3.8) is 0 Å². The van der Waals surface area contributed by atoms with E-state index in [4.69, 9.17) is 33.8 Å². The molecule has 0 spiro atoms. The third kappa shape index (κ3) is 9.16. The first-order valence-electron chi connectivity index (χ1n) is 18.7. The molecule has 1 saturated heterocycles. The summed E-state index contributed by atoms with van der Waals surface area (Å²) in [7, 11) is 4.80. The van der Waals surface area contributed by atoms with Gasteiger partial charge in [-0.2, -0.15) is 10.1 Å². The standard InChI is InChI=1S/C39H51N9O7/c1-6-30-36(32(7-2)48(44-30)18-19-54-22-23-55-21-20-51-3)42-38(50)29-12-13-47-33(29)11-8-27-25-40-39(43-37(27)47)41-31-10-9-28(24-34(31)53-5)45-14-16-46(17-15-45)35(49)26-52-4/h8-13,24-25H,6-7,14-23,26H2,1-5H3,(H,42,50)(H,40,41,43). The van der Waals surface area contributed by atoms with E-state index in [0.717, 1.165) is 28.1 Å². The number of fused-ring (bicyclic) bond motifs is 3. The van der Waals surface area contributed by atoms with Crippen LogP contribution in [0.1, 0.15) is 35.6 Å². The van der Waals surface area contributed by atoms with Gasteiger partial charge in [0.2, 0.25) is 11.9 Å². The van der Waals surface area contributed by atoms with Gasteiger partial charge < -0.3 is 48.5 Å². The quantitative estimate of drug-likeness (QED) is 0.116. The van der Waals surface area contributed by atoms with Gasteiger partial charge in [-0.05, 0) is 43.2 Å². The number of hydrogen-bond donors (Lipinski definition) is 2. The molecule has 0 bridgehead atoms. The lowest BCUT2D eigenvalue weighted by molar-refractivity contribution is -0.135. The minimum atomic E-state index is -0.226. The zero-order valence-corrected chi connectivity index (χ0v) is 32.3. The Balaban J connectivity index is 1.15. The lowest BCUT2D eigenvalue weighted by Gasteiger charge is -2.36. The Hall–Kier alpha value is -5.29. The van der Waals surface area contributed by atoms with Gasteiger partial charge in [-0.1, -0.05) is 13.8 Å². The number of rotatable bonds is 19. The van der Waals surface area contributed by atoms with E-state index in [1.807, 2.05) is 57.4 Å². The Kier molecular flexibility index (Phi) is 13.5. The Morgan fingerprint density at radius 1 is 0.873 bits per heavy atom. The number of aryl methyl sites for hydroxylation is 1. The van der Waals surface area contributed by atoms with Gasteiger partial charge in [0.1, 0.15) is 18.0 Å². The van der Waals surface area contributed by atoms with Gasteiger partial charge in [0.15, 0.2) is 0 Å². The fourth-order valence-electron chi connectivity index (χ4n) is 6.73. The Labute approximate surface area is 320 Å². The molecular formula is C39H51N9O7. The second kappa shape index (κ2) is 18.8. The molecule has 2 N–H and O–H groups in total. The topological polar surface area (TPSA) is 159 Å². The van der Waals surface area contributed by atoms with Gasteiger partial charge in [0.05, 0.1) is 80.5 Å². The Bertz CT molecular complexity index is 2070. The number of anilines is 4. The molecule has 0 unspecified atom stereocenters. The molecule has 0 atom stereocenters. The van der Waals surface area contributed by atoms with E-state index in [-0.39, 0.29) is 18.4 Å². The zero-order valence-electron chi connectivity index (χ0n) is 32.3. The van der Waals surface area contributed by atoms with E-state index in [0.29, 0.717) is 113 Å². The molecule has 294 valence electrons. The van der Waals surface area contributed by atoms with E-state index in [1.165, 1.54) is 7.11 Å². The summed E-state index contributed by atoms with van der Waals surface area (Å²) in [5.41, 5.74) is 6.09. The summed E-state index contributed by atoms with van der Waals surface area (Å²) in [6.45, 7) is 9.95. The van der Waals surface area contributed by atoms with Crippen LogP contribution in [0.3, 0.4) is 0 Å². The lowest BCUT2D eigenvalue weighted by atomic mass is 10.2. The first kappa shape index (κ1) is 39.4. The molecule has 2 amide bonds. The van der Waals surface area contributed by atoms with Crippen molar-refractivity contribution < 1.29 is 33.3 Å². The van der Waals surface area contributed by atoms with Crippen molar-refractivity contribution in [3.05, 3.63) is 65.7 Å². The molecule has 0 aliphatic carbocycles. The van der Waals surface area contributed by atoms with E-state index < -0.39 is 0 Å². The largest absolute Gasteiger partial charge is 0.494 e. The number of nitrogens with one attached hydrogen (secondary N) is 2. The van der Waals surface area contributed by atoms with Crippen LogP contribution in [0.2, 0.25) is 0 Å². The maximum atomic E-state index is 13.9. The van der Waals surface area contributed by atoms with Gasteiger partial charge in [-0.3, -0.25) is 14.3 Å². The van der Waals surface area contributed by atoms with Crippen LogP contribution >= 0.6 is 0 Å². The molecule has 16 nitrogen and oxygen atoms in total. The second-order valence-corrected chi connectivity index (χ2v) is 13.0.